The fraction of sp³-hybridized carbons (Fsp3) is 1.00. The molecule has 1 saturated heterocycles. The number of nitrogens with zero attached hydrogens (tertiary/aromatic N) is 1. The van der Waals surface area contributed by atoms with E-state index in [1.165, 1.54) is 19.4 Å². The van der Waals surface area contributed by atoms with Crippen molar-refractivity contribution in [3.63, 3.8) is 0 Å². The molecule has 0 bridgehead atoms. The summed E-state index contributed by atoms with van der Waals surface area (Å²) in [5.74, 6) is 0. The van der Waals surface area contributed by atoms with Crippen molar-refractivity contribution in [1.29, 1.82) is 0 Å². The minimum absolute atomic E-state index is 0.506. The monoisotopic (exact) mass is 213 g/mol. The zero-order valence-electron chi connectivity index (χ0n) is 9.83. The SMILES string of the molecule is CCCOCC1(CN2CCOCC2)CC1. The standard InChI is InChI=1S/C12H23NO2/c1-2-7-15-11-12(3-4-12)10-13-5-8-14-9-6-13/h2-11H2,1H3. The van der Waals surface area contributed by atoms with Crippen LogP contribution in [0.4, 0.5) is 0 Å². The Kier molecular flexibility index (Phi) is 4.00. The molecule has 1 aliphatic heterocycles. The van der Waals surface area contributed by atoms with Crippen LogP contribution in [0.1, 0.15) is 26.2 Å². The first-order valence-electron chi connectivity index (χ1n) is 6.22. The lowest BCUT2D eigenvalue weighted by Crippen LogP contribution is -2.41. The van der Waals surface area contributed by atoms with Crippen molar-refractivity contribution in [3.05, 3.63) is 0 Å². The van der Waals surface area contributed by atoms with Crippen molar-refractivity contribution in [2.45, 2.75) is 26.2 Å². The summed E-state index contributed by atoms with van der Waals surface area (Å²) in [4.78, 5) is 2.53. The molecule has 0 aromatic carbocycles. The third-order valence-corrected chi connectivity index (χ3v) is 3.38. The summed E-state index contributed by atoms with van der Waals surface area (Å²) < 4.78 is 11.1. The number of morpholine rings is 1. The second kappa shape index (κ2) is 5.28. The Balaban J connectivity index is 1.67. The molecule has 0 unspecified atom stereocenters. The summed E-state index contributed by atoms with van der Waals surface area (Å²) in [6.45, 7) is 9.31. The maximum atomic E-state index is 5.69. The Morgan fingerprint density at radius 3 is 2.60 bits per heavy atom. The lowest BCUT2D eigenvalue weighted by molar-refractivity contribution is 0.0126. The summed E-state index contributed by atoms with van der Waals surface area (Å²) >= 11 is 0. The van der Waals surface area contributed by atoms with Gasteiger partial charge in [-0.15, -0.1) is 0 Å². The number of hydrogen-bond donors (Lipinski definition) is 0. The van der Waals surface area contributed by atoms with Crippen LogP contribution < -0.4 is 0 Å². The average Bonchev–Trinajstić information content (AvgIpc) is 3.00. The van der Waals surface area contributed by atoms with Crippen molar-refractivity contribution in [2.24, 2.45) is 5.41 Å². The molecule has 0 radical (unpaired) electrons. The lowest BCUT2D eigenvalue weighted by atomic mass is 10.1. The van der Waals surface area contributed by atoms with Crippen molar-refractivity contribution < 1.29 is 9.47 Å². The van der Waals surface area contributed by atoms with Gasteiger partial charge in [-0.2, -0.15) is 0 Å². The maximum Gasteiger partial charge on any atom is 0.0594 e. The molecule has 2 rings (SSSR count). The van der Waals surface area contributed by atoms with Crippen LogP contribution in [0.5, 0.6) is 0 Å². The summed E-state index contributed by atoms with van der Waals surface area (Å²) in [5.41, 5.74) is 0.506. The first-order valence-corrected chi connectivity index (χ1v) is 6.22. The van der Waals surface area contributed by atoms with E-state index in [0.717, 1.165) is 45.9 Å². The van der Waals surface area contributed by atoms with E-state index in [0.29, 0.717) is 5.41 Å². The zero-order valence-corrected chi connectivity index (χ0v) is 9.83. The molecule has 2 fully saturated rings. The van der Waals surface area contributed by atoms with Crippen molar-refractivity contribution in [3.8, 4) is 0 Å². The van der Waals surface area contributed by atoms with E-state index in [-0.39, 0.29) is 0 Å². The molecule has 0 amide bonds. The van der Waals surface area contributed by atoms with E-state index < -0.39 is 0 Å². The molecule has 0 aromatic heterocycles. The lowest BCUT2D eigenvalue weighted by Gasteiger charge is -2.30. The molecule has 3 nitrogen and oxygen atoms in total. The highest BCUT2D eigenvalue weighted by Crippen LogP contribution is 2.46. The van der Waals surface area contributed by atoms with Gasteiger partial charge in [-0.1, -0.05) is 6.92 Å². The Labute approximate surface area is 92.7 Å². The molecule has 1 saturated carbocycles. The third-order valence-electron chi connectivity index (χ3n) is 3.38. The molecule has 0 atom stereocenters. The molecular weight excluding hydrogens is 190 g/mol. The van der Waals surface area contributed by atoms with Crippen LogP contribution in [-0.2, 0) is 9.47 Å². The van der Waals surface area contributed by atoms with Gasteiger partial charge in [0.25, 0.3) is 0 Å². The molecule has 0 N–H and O–H groups in total. The minimum Gasteiger partial charge on any atom is -0.381 e. The molecule has 3 heteroatoms. The fourth-order valence-corrected chi connectivity index (χ4v) is 2.19. The largest absolute Gasteiger partial charge is 0.381 e. The van der Waals surface area contributed by atoms with Crippen molar-refractivity contribution in [1.82, 2.24) is 4.90 Å². The van der Waals surface area contributed by atoms with Crippen molar-refractivity contribution in [2.75, 3.05) is 46.1 Å². The summed E-state index contributed by atoms with van der Waals surface area (Å²) in [6.07, 6.45) is 3.84. The van der Waals surface area contributed by atoms with Crippen LogP contribution in [0.3, 0.4) is 0 Å². The molecule has 1 aliphatic carbocycles. The molecule has 0 spiro atoms. The topological polar surface area (TPSA) is 21.7 Å². The van der Waals surface area contributed by atoms with E-state index in [1.807, 2.05) is 0 Å². The highest BCUT2D eigenvalue weighted by atomic mass is 16.5. The number of ether oxygens (including phenoxy) is 2. The van der Waals surface area contributed by atoms with Crippen molar-refractivity contribution >= 4 is 0 Å². The Morgan fingerprint density at radius 2 is 2.00 bits per heavy atom. The maximum absolute atomic E-state index is 5.69. The Bertz CT molecular complexity index is 186. The second-order valence-corrected chi connectivity index (χ2v) is 4.94. The molecular formula is C12H23NO2. The van der Waals surface area contributed by atoms with Crippen LogP contribution in [0, 0.1) is 5.41 Å². The van der Waals surface area contributed by atoms with E-state index >= 15 is 0 Å². The Hall–Kier alpha value is -0.120. The first kappa shape index (κ1) is 11.4. The molecule has 0 aromatic rings. The zero-order chi connectivity index (χ0) is 10.6. The quantitative estimate of drug-likeness (QED) is 0.625. The van der Waals surface area contributed by atoms with Gasteiger partial charge in [0.2, 0.25) is 0 Å². The summed E-state index contributed by atoms with van der Waals surface area (Å²) in [7, 11) is 0. The van der Waals surface area contributed by atoms with E-state index in [2.05, 4.69) is 11.8 Å². The molecule has 15 heavy (non-hydrogen) atoms. The van der Waals surface area contributed by atoms with Crippen LogP contribution >= 0.6 is 0 Å². The highest BCUT2D eigenvalue weighted by molar-refractivity contribution is 4.95. The minimum atomic E-state index is 0.506. The summed E-state index contributed by atoms with van der Waals surface area (Å²) in [5, 5.41) is 0. The number of rotatable bonds is 6. The van der Waals surface area contributed by atoms with Gasteiger partial charge < -0.3 is 9.47 Å². The van der Waals surface area contributed by atoms with Crippen LogP contribution in [0.2, 0.25) is 0 Å². The van der Waals surface area contributed by atoms with Gasteiger partial charge in [-0.25, -0.2) is 0 Å². The van der Waals surface area contributed by atoms with Gasteiger partial charge in [-0.3, -0.25) is 4.90 Å². The molecule has 88 valence electrons. The van der Waals surface area contributed by atoms with E-state index in [9.17, 15) is 0 Å². The predicted molar refractivity (Wildman–Crippen MR) is 60.0 cm³/mol. The van der Waals surface area contributed by atoms with Gasteiger partial charge in [0.1, 0.15) is 0 Å². The average molecular weight is 213 g/mol. The Morgan fingerprint density at radius 1 is 1.27 bits per heavy atom. The van der Waals surface area contributed by atoms with E-state index in [1.54, 1.807) is 0 Å². The third kappa shape index (κ3) is 3.44. The van der Waals surface area contributed by atoms with Crippen LogP contribution in [0.25, 0.3) is 0 Å². The predicted octanol–water partition coefficient (Wildman–Crippen LogP) is 1.53. The van der Waals surface area contributed by atoms with Gasteiger partial charge in [0, 0.05) is 31.7 Å². The van der Waals surface area contributed by atoms with Crippen LogP contribution in [0.15, 0.2) is 0 Å². The normalized spacial score (nSPS) is 25.4. The van der Waals surface area contributed by atoms with Gasteiger partial charge in [-0.05, 0) is 19.3 Å². The first-order chi connectivity index (χ1) is 7.35. The highest BCUT2D eigenvalue weighted by Gasteiger charge is 2.44. The van der Waals surface area contributed by atoms with E-state index in [4.69, 9.17) is 9.47 Å². The van der Waals surface area contributed by atoms with Gasteiger partial charge in [0.05, 0.1) is 19.8 Å². The summed E-state index contributed by atoms with van der Waals surface area (Å²) in [6, 6.07) is 0. The molecule has 2 aliphatic rings. The molecule has 1 heterocycles. The van der Waals surface area contributed by atoms with Crippen LogP contribution in [-0.4, -0.2) is 51.0 Å². The van der Waals surface area contributed by atoms with Gasteiger partial charge in [0.15, 0.2) is 0 Å². The smallest absolute Gasteiger partial charge is 0.0594 e. The number of hydrogen-bond acceptors (Lipinski definition) is 3. The van der Waals surface area contributed by atoms with Gasteiger partial charge >= 0.3 is 0 Å². The fourth-order valence-electron chi connectivity index (χ4n) is 2.19. The second-order valence-electron chi connectivity index (χ2n) is 4.94.